The number of benzene rings is 1. The van der Waals surface area contributed by atoms with Gasteiger partial charge in [0.05, 0.1) is 55.7 Å². The van der Waals surface area contributed by atoms with Gasteiger partial charge < -0.3 is 40.0 Å². The van der Waals surface area contributed by atoms with Crippen molar-refractivity contribution in [2.75, 3.05) is 54.6 Å². The maximum absolute atomic E-state index is 14.0. The van der Waals surface area contributed by atoms with Crippen molar-refractivity contribution in [2.24, 2.45) is 17.8 Å². The van der Waals surface area contributed by atoms with Crippen LogP contribution < -0.4 is 16.0 Å². The Bertz CT molecular complexity index is 1250. The summed E-state index contributed by atoms with van der Waals surface area (Å²) in [5.74, 6) is -2.04. The first-order valence-electron chi connectivity index (χ1n) is 18.3. The molecule has 1 aliphatic rings. The summed E-state index contributed by atoms with van der Waals surface area (Å²) < 4.78 is 17.0. The number of esters is 1. The number of methoxy groups -OCH3 is 2. The lowest BCUT2D eigenvalue weighted by Gasteiger charge is -2.39. The van der Waals surface area contributed by atoms with Gasteiger partial charge in [-0.05, 0) is 37.8 Å². The van der Waals surface area contributed by atoms with Gasteiger partial charge in [-0.2, -0.15) is 0 Å². The van der Waals surface area contributed by atoms with E-state index in [1.165, 1.54) is 7.11 Å². The number of nitrogens with one attached hydrogen (secondary N) is 3. The number of likely N-dealkylation sites (tertiary alicyclic amines) is 1. The van der Waals surface area contributed by atoms with Gasteiger partial charge in [0.15, 0.2) is 0 Å². The van der Waals surface area contributed by atoms with Crippen molar-refractivity contribution in [3.63, 3.8) is 0 Å². The first-order chi connectivity index (χ1) is 24.3. The first-order valence-corrected chi connectivity index (χ1v) is 18.3. The van der Waals surface area contributed by atoms with Crippen LogP contribution in [0.25, 0.3) is 0 Å². The topological polar surface area (TPSA) is 156 Å². The summed E-state index contributed by atoms with van der Waals surface area (Å²) in [5.41, 5.74) is 0.883. The molecule has 13 nitrogen and oxygen atoms in total. The average molecular weight is 718 g/mol. The molecular weight excluding hydrogens is 654 g/mol. The van der Waals surface area contributed by atoms with E-state index >= 15 is 0 Å². The Kier molecular flexibility index (Phi) is 19.2. The SMILES string of the molecule is CCC(C)C(C(CC(=O)N1CCCC1C(OC)C(C)C(=O)NC(Cc1ccccc1)C(=O)NCCCOC(=O)C(C)C)OC)N(C)C(=O)CNC. The number of nitrogens with zero attached hydrogens (tertiary/aromatic N) is 2. The molecule has 1 heterocycles. The Morgan fingerprint density at radius 3 is 2.27 bits per heavy atom. The number of hydrogen-bond acceptors (Lipinski definition) is 9. The molecule has 288 valence electrons. The molecule has 0 aromatic heterocycles. The Labute approximate surface area is 304 Å². The van der Waals surface area contributed by atoms with Gasteiger partial charge in [0, 0.05) is 40.8 Å². The molecular formula is C38H63N5O8. The van der Waals surface area contributed by atoms with E-state index in [0.717, 1.165) is 18.4 Å². The summed E-state index contributed by atoms with van der Waals surface area (Å²) >= 11 is 0. The number of rotatable bonds is 22. The number of carbonyl (C=O) groups excluding carboxylic acids is 5. The quantitative estimate of drug-likeness (QED) is 0.121. The molecule has 0 saturated carbocycles. The minimum absolute atomic E-state index is 0.0756. The van der Waals surface area contributed by atoms with E-state index in [4.69, 9.17) is 14.2 Å². The lowest BCUT2D eigenvalue weighted by molar-refractivity contribution is -0.147. The second-order valence-electron chi connectivity index (χ2n) is 13.9. The summed E-state index contributed by atoms with van der Waals surface area (Å²) in [6.07, 6.45) is 1.85. The van der Waals surface area contributed by atoms with Crippen molar-refractivity contribution < 1.29 is 38.2 Å². The zero-order valence-corrected chi connectivity index (χ0v) is 32.2. The van der Waals surface area contributed by atoms with Crippen molar-refractivity contribution in [3.05, 3.63) is 35.9 Å². The Morgan fingerprint density at radius 2 is 1.69 bits per heavy atom. The molecule has 3 N–H and O–H groups in total. The van der Waals surface area contributed by atoms with Gasteiger partial charge in [0.1, 0.15) is 6.04 Å². The van der Waals surface area contributed by atoms with E-state index in [9.17, 15) is 24.0 Å². The molecule has 51 heavy (non-hydrogen) atoms. The van der Waals surface area contributed by atoms with Gasteiger partial charge in [0.25, 0.3) is 0 Å². The zero-order valence-electron chi connectivity index (χ0n) is 32.2. The summed E-state index contributed by atoms with van der Waals surface area (Å²) in [6, 6.07) is 7.91. The van der Waals surface area contributed by atoms with Crippen molar-refractivity contribution in [2.45, 2.75) is 103 Å². The highest BCUT2D eigenvalue weighted by atomic mass is 16.5. The van der Waals surface area contributed by atoms with Gasteiger partial charge in [0.2, 0.25) is 23.6 Å². The predicted octanol–water partition coefficient (Wildman–Crippen LogP) is 2.56. The molecule has 7 atom stereocenters. The van der Waals surface area contributed by atoms with E-state index in [2.05, 4.69) is 29.8 Å². The van der Waals surface area contributed by atoms with Crippen LogP contribution in [0.4, 0.5) is 0 Å². The third-order valence-electron chi connectivity index (χ3n) is 9.88. The molecule has 1 aliphatic heterocycles. The van der Waals surface area contributed by atoms with Crippen molar-refractivity contribution in [1.82, 2.24) is 25.8 Å². The molecule has 0 aliphatic carbocycles. The van der Waals surface area contributed by atoms with Crippen LogP contribution in [0.2, 0.25) is 0 Å². The van der Waals surface area contributed by atoms with Gasteiger partial charge >= 0.3 is 5.97 Å². The summed E-state index contributed by atoms with van der Waals surface area (Å²) in [6.45, 7) is 10.5. The Hall–Kier alpha value is -3.55. The van der Waals surface area contributed by atoms with Crippen molar-refractivity contribution >= 4 is 29.6 Å². The minimum Gasteiger partial charge on any atom is -0.465 e. The van der Waals surface area contributed by atoms with E-state index < -0.39 is 24.2 Å². The molecule has 2 rings (SSSR count). The van der Waals surface area contributed by atoms with Crippen LogP contribution in [0, 0.1) is 17.8 Å². The van der Waals surface area contributed by atoms with E-state index in [1.54, 1.807) is 51.8 Å². The fraction of sp³-hybridized carbons (Fsp3) is 0.711. The lowest BCUT2D eigenvalue weighted by atomic mass is 9.90. The lowest BCUT2D eigenvalue weighted by Crippen LogP contribution is -2.55. The highest BCUT2D eigenvalue weighted by Crippen LogP contribution is 2.29. The Balaban J connectivity index is 2.17. The number of hydrogen-bond donors (Lipinski definition) is 3. The second kappa shape index (κ2) is 22.4. The van der Waals surface area contributed by atoms with Crippen LogP contribution in [0.15, 0.2) is 30.3 Å². The molecule has 0 radical (unpaired) electrons. The largest absolute Gasteiger partial charge is 0.465 e. The molecule has 13 heteroatoms. The van der Waals surface area contributed by atoms with Crippen LogP contribution in [-0.4, -0.2) is 124 Å². The zero-order chi connectivity index (χ0) is 38.1. The molecule has 7 unspecified atom stereocenters. The number of carbonyl (C=O) groups is 5. The monoisotopic (exact) mass is 717 g/mol. The molecule has 1 fully saturated rings. The second-order valence-corrected chi connectivity index (χ2v) is 13.9. The van der Waals surface area contributed by atoms with Gasteiger partial charge in [-0.3, -0.25) is 24.0 Å². The van der Waals surface area contributed by atoms with E-state index in [1.807, 2.05) is 30.3 Å². The minimum atomic E-state index is -0.859. The van der Waals surface area contributed by atoms with Crippen LogP contribution in [0.1, 0.15) is 72.3 Å². The van der Waals surface area contributed by atoms with Crippen LogP contribution in [0.3, 0.4) is 0 Å². The van der Waals surface area contributed by atoms with Gasteiger partial charge in [-0.15, -0.1) is 0 Å². The molecule has 0 spiro atoms. The standard InChI is InChI=1S/C38H63N5O8/c1-10-26(4)34(42(7)33(45)24-39-6)31(49-8)23-32(44)43-20-14-18-30(43)35(50-9)27(5)36(46)41-29(22-28-16-12-11-13-17-28)37(47)40-19-15-21-51-38(48)25(2)3/h11-13,16-17,25-27,29-31,34-35,39H,10,14-15,18-24H2,1-9H3,(H,40,47)(H,41,46). The fourth-order valence-electron chi connectivity index (χ4n) is 6.71. The molecule has 1 aromatic rings. The normalized spacial score (nSPS) is 17.9. The first kappa shape index (κ1) is 43.6. The van der Waals surface area contributed by atoms with Crippen molar-refractivity contribution in [1.29, 1.82) is 0 Å². The number of amides is 4. The van der Waals surface area contributed by atoms with E-state index in [-0.39, 0.29) is 86.1 Å². The highest BCUT2D eigenvalue weighted by molar-refractivity contribution is 5.89. The third kappa shape index (κ3) is 13.2. The average Bonchev–Trinajstić information content (AvgIpc) is 3.60. The molecule has 1 saturated heterocycles. The summed E-state index contributed by atoms with van der Waals surface area (Å²) in [4.78, 5) is 69.2. The maximum Gasteiger partial charge on any atom is 0.308 e. The summed E-state index contributed by atoms with van der Waals surface area (Å²) in [7, 11) is 6.58. The third-order valence-corrected chi connectivity index (χ3v) is 9.88. The highest BCUT2D eigenvalue weighted by Gasteiger charge is 2.42. The molecule has 4 amide bonds. The summed E-state index contributed by atoms with van der Waals surface area (Å²) in [5, 5.41) is 8.72. The smallest absolute Gasteiger partial charge is 0.308 e. The fourth-order valence-corrected chi connectivity index (χ4v) is 6.71. The molecule has 0 bridgehead atoms. The van der Waals surface area contributed by atoms with Crippen LogP contribution in [0.5, 0.6) is 0 Å². The number of likely N-dealkylation sites (N-methyl/N-ethyl adjacent to an activating group) is 2. The Morgan fingerprint density at radius 1 is 1.00 bits per heavy atom. The van der Waals surface area contributed by atoms with Gasteiger partial charge in [-0.1, -0.05) is 71.4 Å². The van der Waals surface area contributed by atoms with E-state index in [0.29, 0.717) is 19.4 Å². The van der Waals surface area contributed by atoms with Gasteiger partial charge in [-0.25, -0.2) is 0 Å². The van der Waals surface area contributed by atoms with Crippen LogP contribution >= 0.6 is 0 Å². The maximum atomic E-state index is 14.0. The number of ether oxygens (including phenoxy) is 3. The predicted molar refractivity (Wildman–Crippen MR) is 196 cm³/mol. The van der Waals surface area contributed by atoms with Crippen molar-refractivity contribution in [3.8, 4) is 0 Å². The van der Waals surface area contributed by atoms with Crippen LogP contribution in [-0.2, 0) is 44.6 Å². The molecule has 1 aromatic carbocycles.